The van der Waals surface area contributed by atoms with E-state index in [2.05, 4.69) is 41.0 Å². The standard InChI is InChI=1S/C14H21N5/c1-10-5-13-16-9-17-19(13)14(6-10)18-4-3-11(2)12(7-15)8-18/h5-6,9,11-12H,3-4,7-8,15H2,1-2H3. The third-order valence-corrected chi connectivity index (χ3v) is 4.25. The summed E-state index contributed by atoms with van der Waals surface area (Å²) in [6.45, 7) is 7.23. The Kier molecular flexibility index (Phi) is 3.14. The molecule has 102 valence electrons. The summed E-state index contributed by atoms with van der Waals surface area (Å²) < 4.78 is 1.93. The molecule has 2 aromatic heterocycles. The monoisotopic (exact) mass is 259 g/mol. The van der Waals surface area contributed by atoms with Gasteiger partial charge in [-0.05, 0) is 49.4 Å². The van der Waals surface area contributed by atoms with Crippen molar-refractivity contribution >= 4 is 11.5 Å². The van der Waals surface area contributed by atoms with E-state index in [9.17, 15) is 0 Å². The highest BCUT2D eigenvalue weighted by atomic mass is 15.4. The van der Waals surface area contributed by atoms with Crippen molar-refractivity contribution in [3.63, 3.8) is 0 Å². The molecule has 5 nitrogen and oxygen atoms in total. The van der Waals surface area contributed by atoms with Gasteiger partial charge in [-0.3, -0.25) is 0 Å². The number of nitrogens with two attached hydrogens (primary N) is 1. The zero-order chi connectivity index (χ0) is 13.4. The third-order valence-electron chi connectivity index (χ3n) is 4.25. The van der Waals surface area contributed by atoms with E-state index in [1.165, 1.54) is 12.0 Å². The van der Waals surface area contributed by atoms with E-state index < -0.39 is 0 Å². The molecule has 19 heavy (non-hydrogen) atoms. The Labute approximate surface area is 113 Å². The number of anilines is 1. The van der Waals surface area contributed by atoms with Crippen LogP contribution in [0.4, 0.5) is 5.82 Å². The van der Waals surface area contributed by atoms with Gasteiger partial charge in [0, 0.05) is 13.1 Å². The Balaban J connectivity index is 1.97. The Morgan fingerprint density at radius 1 is 1.42 bits per heavy atom. The highest BCUT2D eigenvalue weighted by Gasteiger charge is 2.26. The molecule has 0 amide bonds. The van der Waals surface area contributed by atoms with Crippen LogP contribution in [0.1, 0.15) is 18.9 Å². The minimum atomic E-state index is 0.563. The maximum absolute atomic E-state index is 5.90. The molecule has 0 aromatic carbocycles. The van der Waals surface area contributed by atoms with Crippen molar-refractivity contribution in [3.8, 4) is 0 Å². The maximum atomic E-state index is 5.90. The van der Waals surface area contributed by atoms with Gasteiger partial charge in [0.05, 0.1) is 0 Å². The summed E-state index contributed by atoms with van der Waals surface area (Å²) in [5.74, 6) is 2.41. The van der Waals surface area contributed by atoms with Gasteiger partial charge in [0.1, 0.15) is 12.1 Å². The lowest BCUT2D eigenvalue weighted by atomic mass is 9.87. The maximum Gasteiger partial charge on any atom is 0.157 e. The van der Waals surface area contributed by atoms with Crippen LogP contribution in [0.15, 0.2) is 18.5 Å². The smallest absolute Gasteiger partial charge is 0.157 e. The number of aryl methyl sites for hydroxylation is 1. The molecule has 1 aliphatic heterocycles. The molecular formula is C14H21N5. The molecule has 3 rings (SSSR count). The van der Waals surface area contributed by atoms with Crippen molar-refractivity contribution in [2.75, 3.05) is 24.5 Å². The first-order valence-corrected chi connectivity index (χ1v) is 6.94. The summed E-state index contributed by atoms with van der Waals surface area (Å²) in [6, 6.07) is 4.24. The van der Waals surface area contributed by atoms with Crippen LogP contribution in [0, 0.1) is 18.8 Å². The number of nitrogens with zero attached hydrogens (tertiary/aromatic N) is 4. The lowest BCUT2D eigenvalue weighted by Crippen LogP contribution is -2.43. The summed E-state index contributed by atoms with van der Waals surface area (Å²) in [5, 5.41) is 4.34. The van der Waals surface area contributed by atoms with Gasteiger partial charge in [-0.15, -0.1) is 0 Å². The van der Waals surface area contributed by atoms with Gasteiger partial charge in [-0.1, -0.05) is 6.92 Å². The molecule has 0 radical (unpaired) electrons. The predicted molar refractivity (Wildman–Crippen MR) is 76.3 cm³/mol. The molecule has 0 spiro atoms. The molecule has 1 fully saturated rings. The molecule has 0 aliphatic carbocycles. The predicted octanol–water partition coefficient (Wildman–Crippen LogP) is 1.46. The van der Waals surface area contributed by atoms with Crippen molar-refractivity contribution in [3.05, 3.63) is 24.0 Å². The highest BCUT2D eigenvalue weighted by molar-refractivity contribution is 5.53. The first-order chi connectivity index (χ1) is 9.19. The van der Waals surface area contributed by atoms with Gasteiger partial charge < -0.3 is 10.6 Å². The van der Waals surface area contributed by atoms with Gasteiger partial charge in [0.2, 0.25) is 0 Å². The number of hydrogen-bond donors (Lipinski definition) is 1. The van der Waals surface area contributed by atoms with E-state index >= 15 is 0 Å². The normalized spacial score (nSPS) is 24.1. The molecule has 5 heteroatoms. The molecule has 0 saturated carbocycles. The van der Waals surface area contributed by atoms with Crippen LogP contribution < -0.4 is 10.6 Å². The summed E-state index contributed by atoms with van der Waals surface area (Å²) >= 11 is 0. The molecular weight excluding hydrogens is 238 g/mol. The topological polar surface area (TPSA) is 59.5 Å². The Morgan fingerprint density at radius 3 is 3.05 bits per heavy atom. The summed E-state index contributed by atoms with van der Waals surface area (Å²) in [6.07, 6.45) is 2.80. The van der Waals surface area contributed by atoms with Crippen LogP contribution in [0.2, 0.25) is 0 Å². The summed E-state index contributed by atoms with van der Waals surface area (Å²) in [4.78, 5) is 6.68. The van der Waals surface area contributed by atoms with Gasteiger partial charge in [0.15, 0.2) is 5.65 Å². The van der Waals surface area contributed by atoms with E-state index in [0.717, 1.165) is 31.1 Å². The van der Waals surface area contributed by atoms with Gasteiger partial charge in [-0.25, -0.2) is 4.98 Å². The number of rotatable bonds is 2. The van der Waals surface area contributed by atoms with Gasteiger partial charge in [-0.2, -0.15) is 9.61 Å². The third kappa shape index (κ3) is 2.18. The van der Waals surface area contributed by atoms with E-state index in [0.29, 0.717) is 11.8 Å². The molecule has 2 aromatic rings. The van der Waals surface area contributed by atoms with Crippen molar-refractivity contribution in [2.24, 2.45) is 17.6 Å². The second-order valence-electron chi connectivity index (χ2n) is 5.63. The fourth-order valence-electron chi connectivity index (χ4n) is 2.93. The fraction of sp³-hybridized carbons (Fsp3) is 0.571. The van der Waals surface area contributed by atoms with Gasteiger partial charge in [0.25, 0.3) is 0 Å². The average molecular weight is 259 g/mol. The van der Waals surface area contributed by atoms with Crippen molar-refractivity contribution in [1.82, 2.24) is 14.6 Å². The summed E-state index contributed by atoms with van der Waals surface area (Å²) in [5.41, 5.74) is 8.03. The minimum absolute atomic E-state index is 0.563. The first-order valence-electron chi connectivity index (χ1n) is 6.94. The van der Waals surface area contributed by atoms with Crippen LogP contribution >= 0.6 is 0 Å². The zero-order valence-electron chi connectivity index (χ0n) is 11.6. The highest BCUT2D eigenvalue weighted by Crippen LogP contribution is 2.27. The van der Waals surface area contributed by atoms with Crippen LogP contribution in [0.25, 0.3) is 5.65 Å². The molecule has 3 heterocycles. The SMILES string of the molecule is Cc1cc(N2CCC(C)C(CN)C2)n2ncnc2c1. The molecule has 2 N–H and O–H groups in total. The van der Waals surface area contributed by atoms with Crippen LogP contribution in [-0.4, -0.2) is 34.2 Å². The molecule has 1 saturated heterocycles. The number of fused-ring (bicyclic) bond motifs is 1. The van der Waals surface area contributed by atoms with Crippen molar-refractivity contribution in [1.29, 1.82) is 0 Å². The van der Waals surface area contributed by atoms with E-state index in [-0.39, 0.29) is 0 Å². The summed E-state index contributed by atoms with van der Waals surface area (Å²) in [7, 11) is 0. The Bertz CT molecular complexity index is 576. The molecule has 2 unspecified atom stereocenters. The number of hydrogen-bond acceptors (Lipinski definition) is 4. The average Bonchev–Trinajstić information content (AvgIpc) is 2.86. The molecule has 1 aliphatic rings. The number of piperidine rings is 1. The lowest BCUT2D eigenvalue weighted by molar-refractivity contribution is 0.306. The second kappa shape index (κ2) is 4.81. The van der Waals surface area contributed by atoms with E-state index in [1.54, 1.807) is 6.33 Å². The molecule has 0 bridgehead atoms. The van der Waals surface area contributed by atoms with Gasteiger partial charge >= 0.3 is 0 Å². The van der Waals surface area contributed by atoms with Crippen LogP contribution in [0.3, 0.4) is 0 Å². The number of aromatic nitrogens is 3. The van der Waals surface area contributed by atoms with Crippen LogP contribution in [0.5, 0.6) is 0 Å². The molecule has 2 atom stereocenters. The van der Waals surface area contributed by atoms with E-state index in [4.69, 9.17) is 5.73 Å². The number of pyridine rings is 1. The quantitative estimate of drug-likeness (QED) is 0.887. The fourth-order valence-corrected chi connectivity index (χ4v) is 2.93. The Morgan fingerprint density at radius 2 is 2.26 bits per heavy atom. The Hall–Kier alpha value is -1.62. The largest absolute Gasteiger partial charge is 0.356 e. The van der Waals surface area contributed by atoms with Crippen LogP contribution in [-0.2, 0) is 0 Å². The first kappa shape index (κ1) is 12.4. The van der Waals surface area contributed by atoms with Crippen molar-refractivity contribution in [2.45, 2.75) is 20.3 Å². The zero-order valence-corrected chi connectivity index (χ0v) is 11.6. The lowest BCUT2D eigenvalue weighted by Gasteiger charge is -2.37. The second-order valence-corrected chi connectivity index (χ2v) is 5.63. The minimum Gasteiger partial charge on any atom is -0.356 e. The van der Waals surface area contributed by atoms with E-state index in [1.807, 2.05) is 4.52 Å². The van der Waals surface area contributed by atoms with Crippen molar-refractivity contribution < 1.29 is 0 Å².